The highest BCUT2D eigenvalue weighted by Crippen LogP contribution is 2.50. The topological polar surface area (TPSA) is 35.5 Å². The summed E-state index contributed by atoms with van der Waals surface area (Å²) < 4.78 is 10.9. The third kappa shape index (κ3) is 4.03. The minimum Gasteiger partial charge on any atom is -0.467 e. The molecule has 2 aromatic rings. The van der Waals surface area contributed by atoms with Crippen LogP contribution in [-0.4, -0.2) is 20.2 Å². The van der Waals surface area contributed by atoms with Crippen molar-refractivity contribution in [3.05, 3.63) is 59.7 Å². The molecule has 0 saturated heterocycles. The average molecular weight is 344 g/mol. The van der Waals surface area contributed by atoms with E-state index in [9.17, 15) is 4.79 Å². The molecule has 0 spiro atoms. The fourth-order valence-corrected chi connectivity index (χ4v) is 4.63. The van der Waals surface area contributed by atoms with E-state index in [1.807, 2.05) is 36.4 Å². The molecule has 0 aliphatic rings. The molecule has 0 heterocycles. The van der Waals surface area contributed by atoms with Gasteiger partial charge in [0.15, 0.2) is 13.1 Å². The predicted octanol–water partition coefficient (Wildman–Crippen LogP) is 4.50. The van der Waals surface area contributed by atoms with E-state index < -0.39 is 0 Å². The lowest BCUT2D eigenvalue weighted by atomic mass is 9.92. The first kappa shape index (κ1) is 18.6. The summed E-state index contributed by atoms with van der Waals surface area (Å²) in [7, 11) is 2.12. The van der Waals surface area contributed by atoms with Crippen LogP contribution in [0.15, 0.2) is 48.5 Å². The van der Waals surface area contributed by atoms with Crippen LogP contribution in [0.5, 0.6) is 5.75 Å². The van der Waals surface area contributed by atoms with Crippen LogP contribution >= 0.6 is 8.58 Å². The van der Waals surface area contributed by atoms with Gasteiger partial charge >= 0.3 is 0 Å². The highest BCUT2D eigenvalue weighted by atomic mass is 31.1. The molecular weight excluding hydrogens is 319 g/mol. The number of benzene rings is 2. The van der Waals surface area contributed by atoms with Crippen molar-refractivity contribution in [3.63, 3.8) is 0 Å². The highest BCUT2D eigenvalue weighted by Gasteiger charge is 2.32. The summed E-state index contributed by atoms with van der Waals surface area (Å²) in [6.45, 7) is 4.63. The number of para-hydroxylation sites is 1. The first-order chi connectivity index (χ1) is 11.7. The van der Waals surface area contributed by atoms with Gasteiger partial charge in [-0.1, -0.05) is 64.9 Å². The van der Waals surface area contributed by atoms with Crippen molar-refractivity contribution in [1.82, 2.24) is 0 Å². The Balaban J connectivity index is 2.46. The van der Waals surface area contributed by atoms with Gasteiger partial charge in [0.25, 0.3) is 0 Å². The largest absolute Gasteiger partial charge is 0.467 e. The second kappa shape index (κ2) is 8.96. The van der Waals surface area contributed by atoms with Gasteiger partial charge in [0.1, 0.15) is 5.75 Å². The van der Waals surface area contributed by atoms with Gasteiger partial charge < -0.3 is 9.47 Å². The zero-order valence-corrected chi connectivity index (χ0v) is 15.5. The molecule has 0 aliphatic carbocycles. The molecule has 1 atom stereocenters. The third-order valence-electron chi connectivity index (χ3n) is 4.40. The van der Waals surface area contributed by atoms with Gasteiger partial charge in [0, 0.05) is 23.4 Å². The van der Waals surface area contributed by atoms with Crippen LogP contribution in [0.4, 0.5) is 0 Å². The maximum atomic E-state index is 11.4. The summed E-state index contributed by atoms with van der Waals surface area (Å²) in [5.74, 6) is 0.860. The van der Waals surface area contributed by atoms with Crippen molar-refractivity contribution in [1.29, 1.82) is 0 Å². The van der Waals surface area contributed by atoms with Crippen LogP contribution in [0.25, 0.3) is 0 Å². The molecule has 0 aromatic heterocycles. The van der Waals surface area contributed by atoms with E-state index >= 15 is 0 Å². The van der Waals surface area contributed by atoms with Gasteiger partial charge in [-0.05, 0) is 24.2 Å². The lowest BCUT2D eigenvalue weighted by molar-refractivity contribution is 0.0499. The standard InChI is InChI=1S/C20H25O3P/c1-4-20(5-2,24-19-13-9-6-10-16(19)14-21)17-11-7-8-12-18(17)23-15-22-3/h6-14,24H,4-5,15H2,1-3H3. The van der Waals surface area contributed by atoms with Gasteiger partial charge in [-0.25, -0.2) is 0 Å². The SMILES string of the molecule is CCC(CC)(Pc1ccccc1C=O)c1ccccc1OCOC. The summed E-state index contributed by atoms with van der Waals surface area (Å²) in [5, 5.41) is 1.06. The summed E-state index contributed by atoms with van der Waals surface area (Å²) in [5.41, 5.74) is 1.96. The van der Waals surface area contributed by atoms with E-state index in [-0.39, 0.29) is 11.9 Å². The van der Waals surface area contributed by atoms with Crippen molar-refractivity contribution in [2.45, 2.75) is 31.8 Å². The van der Waals surface area contributed by atoms with Crippen LogP contribution < -0.4 is 10.0 Å². The monoisotopic (exact) mass is 344 g/mol. The number of carbonyl (C=O) groups is 1. The Bertz CT molecular complexity index is 665. The summed E-state index contributed by atoms with van der Waals surface area (Å²) in [4.78, 5) is 11.4. The minimum absolute atomic E-state index is 0.0521. The number of ether oxygens (including phenoxy) is 2. The fraction of sp³-hybridized carbons (Fsp3) is 0.350. The third-order valence-corrected chi connectivity index (χ3v) is 6.58. The molecule has 4 heteroatoms. The second-order valence-electron chi connectivity index (χ2n) is 5.67. The van der Waals surface area contributed by atoms with Gasteiger partial charge in [-0.2, -0.15) is 0 Å². The number of hydrogen-bond acceptors (Lipinski definition) is 3. The lowest BCUT2D eigenvalue weighted by Gasteiger charge is -2.34. The smallest absolute Gasteiger partial charge is 0.188 e. The van der Waals surface area contributed by atoms with Crippen molar-refractivity contribution in [3.8, 4) is 5.75 Å². The molecule has 24 heavy (non-hydrogen) atoms. The average Bonchev–Trinajstić information content (AvgIpc) is 2.65. The Kier molecular flexibility index (Phi) is 6.96. The first-order valence-electron chi connectivity index (χ1n) is 8.24. The number of carbonyl (C=O) groups excluding carboxylic acids is 1. The Labute approximate surface area is 146 Å². The molecule has 0 aliphatic heterocycles. The Morgan fingerprint density at radius 1 is 1.04 bits per heavy atom. The van der Waals surface area contributed by atoms with Crippen LogP contribution in [0, 0.1) is 0 Å². The summed E-state index contributed by atoms with van der Waals surface area (Å²) in [6.07, 6.45) is 2.90. The molecule has 128 valence electrons. The quantitative estimate of drug-likeness (QED) is 0.382. The molecule has 2 rings (SSSR count). The Morgan fingerprint density at radius 3 is 2.38 bits per heavy atom. The maximum Gasteiger partial charge on any atom is 0.188 e. The van der Waals surface area contributed by atoms with E-state index in [4.69, 9.17) is 9.47 Å². The van der Waals surface area contributed by atoms with Crippen LogP contribution in [-0.2, 0) is 9.89 Å². The minimum atomic E-state index is -0.0521. The molecular formula is C20H25O3P. The van der Waals surface area contributed by atoms with Crippen molar-refractivity contribution in [2.75, 3.05) is 13.9 Å². The molecule has 0 saturated carbocycles. The summed E-state index contributed by atoms with van der Waals surface area (Å²) >= 11 is 0. The zero-order valence-electron chi connectivity index (χ0n) is 14.5. The van der Waals surface area contributed by atoms with Gasteiger partial charge in [0.05, 0.1) is 0 Å². The van der Waals surface area contributed by atoms with Crippen LogP contribution in [0.1, 0.15) is 42.6 Å². The molecule has 0 amide bonds. The normalized spacial score (nSPS) is 11.8. The molecule has 0 radical (unpaired) electrons. The number of methoxy groups -OCH3 is 1. The van der Waals surface area contributed by atoms with Crippen LogP contribution in [0.3, 0.4) is 0 Å². The van der Waals surface area contributed by atoms with E-state index in [2.05, 4.69) is 26.0 Å². The van der Waals surface area contributed by atoms with E-state index in [1.165, 1.54) is 5.56 Å². The van der Waals surface area contributed by atoms with E-state index in [0.29, 0.717) is 8.58 Å². The predicted molar refractivity (Wildman–Crippen MR) is 101 cm³/mol. The number of aldehydes is 1. The van der Waals surface area contributed by atoms with Crippen molar-refractivity contribution < 1.29 is 14.3 Å². The molecule has 0 N–H and O–H groups in total. The summed E-state index contributed by atoms with van der Waals surface area (Å²) in [6, 6.07) is 16.0. The van der Waals surface area contributed by atoms with Crippen molar-refractivity contribution in [2.24, 2.45) is 0 Å². The first-order valence-corrected chi connectivity index (χ1v) is 9.24. The molecule has 0 bridgehead atoms. The van der Waals surface area contributed by atoms with Gasteiger partial charge in [-0.15, -0.1) is 0 Å². The van der Waals surface area contributed by atoms with Gasteiger partial charge in [0.2, 0.25) is 0 Å². The van der Waals surface area contributed by atoms with E-state index in [0.717, 1.165) is 35.7 Å². The van der Waals surface area contributed by atoms with Crippen LogP contribution in [0.2, 0.25) is 0 Å². The van der Waals surface area contributed by atoms with Crippen molar-refractivity contribution >= 4 is 20.2 Å². The van der Waals surface area contributed by atoms with Gasteiger partial charge in [-0.3, -0.25) is 4.79 Å². The Hall–Kier alpha value is -1.70. The molecule has 1 unspecified atom stereocenters. The Morgan fingerprint density at radius 2 is 1.71 bits per heavy atom. The molecule has 2 aromatic carbocycles. The number of hydrogen-bond donors (Lipinski definition) is 0. The maximum absolute atomic E-state index is 11.4. The fourth-order valence-electron chi connectivity index (χ4n) is 2.96. The molecule has 3 nitrogen and oxygen atoms in total. The van der Waals surface area contributed by atoms with E-state index in [1.54, 1.807) is 7.11 Å². The second-order valence-corrected chi connectivity index (χ2v) is 7.41. The number of rotatable bonds is 9. The lowest BCUT2D eigenvalue weighted by Crippen LogP contribution is -2.24. The zero-order chi connectivity index (χ0) is 17.4. The molecule has 0 fully saturated rings. The highest BCUT2D eigenvalue weighted by molar-refractivity contribution is 7.48.